The average molecular weight is 299 g/mol. The SMILES string of the molecule is Cc1cc(C(=O)Nc2cc(C(=O)NC3CC3)ccc2C)on1. The Balaban J connectivity index is 1.77. The van der Waals surface area contributed by atoms with Crippen LogP contribution in [0.25, 0.3) is 0 Å². The van der Waals surface area contributed by atoms with Gasteiger partial charge in [-0.15, -0.1) is 0 Å². The number of benzene rings is 1. The van der Waals surface area contributed by atoms with E-state index in [2.05, 4.69) is 15.8 Å². The molecule has 2 N–H and O–H groups in total. The quantitative estimate of drug-likeness (QED) is 0.908. The summed E-state index contributed by atoms with van der Waals surface area (Å²) in [5.41, 5.74) is 2.62. The van der Waals surface area contributed by atoms with Crippen LogP contribution in [0.1, 0.15) is 45.0 Å². The number of hydrogen-bond donors (Lipinski definition) is 2. The van der Waals surface area contributed by atoms with Crippen molar-refractivity contribution in [2.24, 2.45) is 0 Å². The van der Waals surface area contributed by atoms with Gasteiger partial charge >= 0.3 is 0 Å². The number of hydrogen-bond acceptors (Lipinski definition) is 4. The second-order valence-corrected chi connectivity index (χ2v) is 5.56. The molecule has 1 aromatic carbocycles. The first-order valence-corrected chi connectivity index (χ1v) is 7.19. The molecule has 1 aliphatic carbocycles. The van der Waals surface area contributed by atoms with Gasteiger partial charge < -0.3 is 15.2 Å². The Bertz CT molecular complexity index is 732. The van der Waals surface area contributed by atoms with Crippen molar-refractivity contribution < 1.29 is 14.1 Å². The lowest BCUT2D eigenvalue weighted by Crippen LogP contribution is -2.25. The number of carbonyl (C=O) groups excluding carboxylic acids is 2. The predicted molar refractivity (Wildman–Crippen MR) is 80.9 cm³/mol. The number of nitrogens with zero attached hydrogens (tertiary/aromatic N) is 1. The van der Waals surface area contributed by atoms with Gasteiger partial charge in [0, 0.05) is 23.4 Å². The molecule has 1 heterocycles. The van der Waals surface area contributed by atoms with E-state index >= 15 is 0 Å². The maximum atomic E-state index is 12.1. The summed E-state index contributed by atoms with van der Waals surface area (Å²) in [7, 11) is 0. The Labute approximate surface area is 127 Å². The van der Waals surface area contributed by atoms with Gasteiger partial charge in [0.1, 0.15) is 0 Å². The van der Waals surface area contributed by atoms with Gasteiger partial charge in [0.05, 0.1) is 5.69 Å². The first-order valence-electron chi connectivity index (χ1n) is 7.19. The largest absolute Gasteiger partial charge is 0.351 e. The Morgan fingerprint density at radius 3 is 2.59 bits per heavy atom. The monoisotopic (exact) mass is 299 g/mol. The van der Waals surface area contributed by atoms with Crippen molar-refractivity contribution in [3.8, 4) is 0 Å². The number of rotatable bonds is 4. The summed E-state index contributed by atoms with van der Waals surface area (Å²) < 4.78 is 4.94. The lowest BCUT2D eigenvalue weighted by molar-refractivity contribution is 0.0948. The van der Waals surface area contributed by atoms with Gasteiger partial charge in [-0.2, -0.15) is 0 Å². The van der Waals surface area contributed by atoms with Crippen molar-refractivity contribution in [2.75, 3.05) is 5.32 Å². The third-order valence-corrected chi connectivity index (χ3v) is 3.51. The van der Waals surface area contributed by atoms with Crippen LogP contribution in [0.15, 0.2) is 28.8 Å². The van der Waals surface area contributed by atoms with Gasteiger partial charge in [-0.3, -0.25) is 9.59 Å². The molecular formula is C16H17N3O3. The molecule has 6 nitrogen and oxygen atoms in total. The van der Waals surface area contributed by atoms with Crippen LogP contribution >= 0.6 is 0 Å². The number of anilines is 1. The predicted octanol–water partition coefficient (Wildman–Crippen LogP) is 2.44. The van der Waals surface area contributed by atoms with E-state index in [-0.39, 0.29) is 17.6 Å². The molecule has 0 bridgehead atoms. The van der Waals surface area contributed by atoms with E-state index in [0.717, 1.165) is 18.4 Å². The smallest absolute Gasteiger partial charge is 0.294 e. The minimum absolute atomic E-state index is 0.117. The molecule has 1 saturated carbocycles. The van der Waals surface area contributed by atoms with Crippen LogP contribution in [-0.2, 0) is 0 Å². The summed E-state index contributed by atoms with van der Waals surface area (Å²) in [5, 5.41) is 9.36. The zero-order valence-corrected chi connectivity index (χ0v) is 12.5. The molecule has 1 aromatic heterocycles. The van der Waals surface area contributed by atoms with Crippen molar-refractivity contribution in [3.63, 3.8) is 0 Å². The molecule has 0 radical (unpaired) electrons. The van der Waals surface area contributed by atoms with E-state index in [1.54, 1.807) is 25.1 Å². The Hall–Kier alpha value is -2.63. The van der Waals surface area contributed by atoms with E-state index in [1.165, 1.54) is 0 Å². The Kier molecular flexibility index (Phi) is 3.66. The van der Waals surface area contributed by atoms with Crippen molar-refractivity contribution >= 4 is 17.5 Å². The summed E-state index contributed by atoms with van der Waals surface area (Å²) in [5.74, 6) is -0.360. The zero-order chi connectivity index (χ0) is 15.7. The van der Waals surface area contributed by atoms with Gasteiger partial charge in [0.15, 0.2) is 0 Å². The first kappa shape index (κ1) is 14.3. The molecule has 1 aliphatic rings. The second kappa shape index (κ2) is 5.63. The number of aromatic nitrogens is 1. The minimum Gasteiger partial charge on any atom is -0.351 e. The number of carbonyl (C=O) groups is 2. The Morgan fingerprint density at radius 1 is 1.18 bits per heavy atom. The molecule has 0 saturated heterocycles. The fraction of sp³-hybridized carbons (Fsp3) is 0.312. The molecule has 6 heteroatoms. The third-order valence-electron chi connectivity index (χ3n) is 3.51. The molecule has 0 spiro atoms. The molecule has 1 fully saturated rings. The van der Waals surface area contributed by atoms with Crippen LogP contribution in [0.2, 0.25) is 0 Å². The normalized spacial score (nSPS) is 13.7. The lowest BCUT2D eigenvalue weighted by atomic mass is 10.1. The lowest BCUT2D eigenvalue weighted by Gasteiger charge is -2.10. The van der Waals surface area contributed by atoms with Gasteiger partial charge in [0.2, 0.25) is 5.76 Å². The van der Waals surface area contributed by atoms with Crippen LogP contribution in [0.5, 0.6) is 0 Å². The van der Waals surface area contributed by atoms with Crippen LogP contribution in [-0.4, -0.2) is 23.0 Å². The minimum atomic E-state index is -0.386. The highest BCUT2D eigenvalue weighted by molar-refractivity contribution is 6.04. The fourth-order valence-electron chi connectivity index (χ4n) is 2.05. The van der Waals surface area contributed by atoms with Gasteiger partial charge in [-0.05, 0) is 44.4 Å². The fourth-order valence-corrected chi connectivity index (χ4v) is 2.05. The summed E-state index contributed by atoms with van der Waals surface area (Å²) in [6.07, 6.45) is 2.07. The van der Waals surface area contributed by atoms with Crippen LogP contribution in [0.4, 0.5) is 5.69 Å². The highest BCUT2D eigenvalue weighted by atomic mass is 16.5. The summed E-state index contributed by atoms with van der Waals surface area (Å²) in [6.45, 7) is 3.61. The molecular weight excluding hydrogens is 282 g/mol. The topological polar surface area (TPSA) is 84.2 Å². The van der Waals surface area contributed by atoms with Crippen molar-refractivity contribution in [1.29, 1.82) is 0 Å². The maximum Gasteiger partial charge on any atom is 0.294 e. The summed E-state index contributed by atoms with van der Waals surface area (Å²) in [6, 6.07) is 7.09. The van der Waals surface area contributed by atoms with Crippen LogP contribution in [0, 0.1) is 13.8 Å². The molecule has 2 aromatic rings. The zero-order valence-electron chi connectivity index (χ0n) is 12.5. The van der Waals surface area contributed by atoms with E-state index in [0.29, 0.717) is 23.0 Å². The summed E-state index contributed by atoms with van der Waals surface area (Å²) >= 11 is 0. The highest BCUT2D eigenvalue weighted by Gasteiger charge is 2.24. The Morgan fingerprint density at radius 2 is 1.95 bits per heavy atom. The maximum absolute atomic E-state index is 12.1. The molecule has 0 aliphatic heterocycles. The van der Waals surface area contributed by atoms with Gasteiger partial charge in [-0.25, -0.2) is 0 Å². The molecule has 0 unspecified atom stereocenters. The molecule has 114 valence electrons. The van der Waals surface area contributed by atoms with E-state index in [1.807, 2.05) is 13.0 Å². The summed E-state index contributed by atoms with van der Waals surface area (Å²) in [4.78, 5) is 24.2. The average Bonchev–Trinajstić information content (AvgIpc) is 3.19. The first-order chi connectivity index (χ1) is 10.5. The standard InChI is InChI=1S/C16H17N3O3/c1-9-3-4-11(15(20)17-12-5-6-12)8-13(9)18-16(21)14-7-10(2)19-22-14/h3-4,7-8,12H,5-6H2,1-2H3,(H,17,20)(H,18,21). The van der Waals surface area contributed by atoms with Crippen molar-refractivity contribution in [2.45, 2.75) is 32.7 Å². The van der Waals surface area contributed by atoms with Crippen molar-refractivity contribution in [3.05, 3.63) is 46.8 Å². The third kappa shape index (κ3) is 3.16. The molecule has 2 amide bonds. The number of nitrogens with one attached hydrogen (secondary N) is 2. The van der Waals surface area contributed by atoms with Gasteiger partial charge in [0.25, 0.3) is 11.8 Å². The highest BCUT2D eigenvalue weighted by Crippen LogP contribution is 2.21. The van der Waals surface area contributed by atoms with E-state index in [9.17, 15) is 9.59 Å². The van der Waals surface area contributed by atoms with Gasteiger partial charge in [-0.1, -0.05) is 11.2 Å². The molecule has 22 heavy (non-hydrogen) atoms. The molecule has 0 atom stereocenters. The molecule has 3 rings (SSSR count). The van der Waals surface area contributed by atoms with Crippen molar-refractivity contribution in [1.82, 2.24) is 10.5 Å². The number of aryl methyl sites for hydroxylation is 2. The van der Waals surface area contributed by atoms with Crippen LogP contribution < -0.4 is 10.6 Å². The van der Waals surface area contributed by atoms with E-state index < -0.39 is 0 Å². The number of amides is 2. The van der Waals surface area contributed by atoms with E-state index in [4.69, 9.17) is 4.52 Å². The second-order valence-electron chi connectivity index (χ2n) is 5.56. The van der Waals surface area contributed by atoms with Crippen LogP contribution in [0.3, 0.4) is 0 Å².